The number of rotatable bonds is 30. The van der Waals surface area contributed by atoms with Crippen LogP contribution >= 0.6 is 0 Å². The fraction of sp³-hybridized carbons (Fsp3) is 1.00. The van der Waals surface area contributed by atoms with E-state index in [1.165, 1.54) is 92.4 Å². The maximum atomic E-state index is 7.28. The Morgan fingerprint density at radius 1 is 0.191 bits per heavy atom. The minimum Gasteiger partial charge on any atom is -0.414 e. The minimum absolute atomic E-state index is 0.00145. The van der Waals surface area contributed by atoms with E-state index in [2.05, 4.69) is 67.7 Å². The summed E-state index contributed by atoms with van der Waals surface area (Å²) in [7, 11) is 24.0. The SMILES string of the molecule is COC[C@H]1O[C@@H]2O[C@H]3[C@H](OC)[C@@H](OC)[C@@H](O[C@H]4[C@H](OC)[C@@H](OC)[C@@H](O[C@H]5[C@H](OC)[C@@H](OC)[C@@H](O[C@H]6[C@H](OC)[C@@H](OC)[C@@H](O[C@H]7[C@H](OC)[C@@H](OC)[C@@H](O[C@H]8[C@@H](OC)[C@H](OC)[C@@H](O[C@H]1[C@H](OC)[C@@H]2OC)O[C@@H]8COC)O[C@@H]7CO[Si](C)(C)C(C)(C)C)O[C@@H]6COC)O[C@@H]5COC)O[C@@H]4COC)O[C@@H]3CO[Si](C)(C)C(C)(C)C. The van der Waals surface area contributed by atoms with Crippen LogP contribution in [0, 0.1) is 0 Å². The standard InChI is InChI=1S/C73H136O35Si2/c1-72(2,3)109(26,27)93-35-42-49-56(84-17)64(92-25)71(101-42)106-48-41(34-78-11)97-67(60(88-21)55(48)83-16)104-46-39(32-76-9)99-69(62(90-23)53(46)81-14)108-50-43(36-94-110(28,29)73(4,5)6)100-70(63(91-24)57(50)85-18)105-47-40(33-77-10)96-66(59(87-20)54(47)82-15)102-44-37(30-74-7)95-65(58(86-19)51(44)79-12)103-45-38(31-75-8)98-68(107-49)61(89-22)52(45)80-13/h37-71H,30-36H2,1-29H3/t37-,38-,39-,40-,41-,42-,43-,44-,45-,46-,47-,48-,49-,50-,51+,52+,53+,54+,55-,56+,57+,58-,59-,60+,61-,62+,63-,64-,65-,66-,67-,68-,69-,70-,71-/m1/s1. The van der Waals surface area contributed by atoms with E-state index in [1.54, 1.807) is 42.7 Å². The van der Waals surface area contributed by atoms with Crippen LogP contribution < -0.4 is 0 Å². The first-order valence-electron chi connectivity index (χ1n) is 37.8. The Balaban J connectivity index is 1.29. The summed E-state index contributed by atoms with van der Waals surface area (Å²) in [4.78, 5) is 0. The van der Waals surface area contributed by atoms with Gasteiger partial charge in [-0.1, -0.05) is 41.5 Å². The Morgan fingerprint density at radius 2 is 0.318 bits per heavy atom. The minimum atomic E-state index is -2.56. The van der Waals surface area contributed by atoms with Gasteiger partial charge >= 0.3 is 0 Å². The summed E-state index contributed by atoms with van der Waals surface area (Å²) in [5.41, 5.74) is 0. The third-order valence-corrected chi connectivity index (χ3v) is 32.5. The molecule has 21 heterocycles. The monoisotopic (exact) mass is 1630 g/mol. The highest BCUT2D eigenvalue weighted by molar-refractivity contribution is 6.74. The van der Waals surface area contributed by atoms with Crippen molar-refractivity contribution in [3.8, 4) is 0 Å². The lowest BCUT2D eigenvalue weighted by Crippen LogP contribution is -2.69. The molecule has 0 saturated carbocycles. The van der Waals surface area contributed by atoms with Gasteiger partial charge in [-0.25, -0.2) is 0 Å². The van der Waals surface area contributed by atoms with E-state index in [0.29, 0.717) is 0 Å². The highest BCUT2D eigenvalue weighted by Gasteiger charge is 2.63. The van der Waals surface area contributed by atoms with Crippen LogP contribution in [0.25, 0.3) is 0 Å². The molecular formula is C73H136O35Si2. The molecule has 0 aromatic heterocycles. The third-order valence-electron chi connectivity index (χ3n) is 23.5. The van der Waals surface area contributed by atoms with Crippen molar-refractivity contribution in [2.24, 2.45) is 0 Å². The van der Waals surface area contributed by atoms with Crippen molar-refractivity contribution in [3.63, 3.8) is 0 Å². The second kappa shape index (κ2) is 42.8. The lowest BCUT2D eigenvalue weighted by Gasteiger charge is -2.53. The van der Waals surface area contributed by atoms with Crippen molar-refractivity contribution in [1.29, 1.82) is 0 Å². The predicted molar refractivity (Wildman–Crippen MR) is 392 cm³/mol. The van der Waals surface area contributed by atoms with Gasteiger partial charge in [-0.15, -0.1) is 0 Å². The number of ether oxygens (including phenoxy) is 33. The van der Waals surface area contributed by atoms with Gasteiger partial charge in [0.05, 0.1) is 46.2 Å². The van der Waals surface area contributed by atoms with Gasteiger partial charge in [-0.05, 0) is 36.3 Å². The zero-order valence-electron chi connectivity index (χ0n) is 70.4. The van der Waals surface area contributed by atoms with Gasteiger partial charge in [0, 0.05) is 135 Å². The van der Waals surface area contributed by atoms with Crippen LogP contribution in [0.5, 0.6) is 0 Å². The number of hydrogen-bond donors (Lipinski definition) is 0. The molecule has 0 aliphatic carbocycles. The number of hydrogen-bond acceptors (Lipinski definition) is 35. The highest BCUT2D eigenvalue weighted by Crippen LogP contribution is 2.45. The molecule has 21 aliphatic heterocycles. The lowest BCUT2D eigenvalue weighted by atomic mass is 9.94. The quantitative estimate of drug-likeness (QED) is 0.0932. The van der Waals surface area contributed by atoms with Crippen LogP contribution in [0.3, 0.4) is 0 Å². The fourth-order valence-corrected chi connectivity index (χ4v) is 17.6. The second-order valence-electron chi connectivity index (χ2n) is 31.7. The average molecular weight is 1630 g/mol. The van der Waals surface area contributed by atoms with Crippen molar-refractivity contribution in [2.45, 2.75) is 293 Å². The Bertz CT molecular complexity index is 2560. The molecule has 0 amide bonds. The normalized spacial score (nSPS) is 43.0. The van der Waals surface area contributed by atoms with E-state index >= 15 is 0 Å². The van der Waals surface area contributed by atoms with E-state index in [0.717, 1.165) is 0 Å². The molecule has 35 atom stereocenters. The molecule has 14 bridgehead atoms. The number of methoxy groups -OCH3 is 19. The van der Waals surface area contributed by atoms with Crippen molar-refractivity contribution in [1.82, 2.24) is 0 Å². The van der Waals surface area contributed by atoms with E-state index in [4.69, 9.17) is 165 Å². The smallest absolute Gasteiger partial charge is 0.192 e. The molecule has 0 aromatic carbocycles. The summed E-state index contributed by atoms with van der Waals surface area (Å²) < 4.78 is 233. The van der Waals surface area contributed by atoms with Gasteiger partial charge in [-0.2, -0.15) is 0 Å². The Labute approximate surface area is 653 Å². The van der Waals surface area contributed by atoms with E-state index in [1.807, 2.05) is 0 Å². The third kappa shape index (κ3) is 20.9. The molecule has 21 aliphatic rings. The molecule has 0 N–H and O–H groups in total. The molecule has 21 saturated heterocycles. The molecule has 646 valence electrons. The maximum absolute atomic E-state index is 7.28. The molecule has 35 nitrogen and oxygen atoms in total. The molecule has 0 aromatic rings. The predicted octanol–water partition coefficient (Wildman–Crippen LogP) is 3.26. The van der Waals surface area contributed by atoms with Crippen molar-refractivity contribution in [3.05, 3.63) is 0 Å². The molecule has 0 unspecified atom stereocenters. The van der Waals surface area contributed by atoms with Gasteiger partial charge in [0.2, 0.25) is 0 Å². The van der Waals surface area contributed by atoms with Crippen LogP contribution in [0.1, 0.15) is 41.5 Å². The highest BCUT2D eigenvalue weighted by atomic mass is 28.4. The topological polar surface area (TPSA) is 323 Å². The van der Waals surface area contributed by atoms with E-state index < -0.39 is 232 Å². The fourth-order valence-electron chi connectivity index (χ4n) is 15.5. The molecule has 0 radical (unpaired) electrons. The van der Waals surface area contributed by atoms with Crippen LogP contribution in [0.2, 0.25) is 36.3 Å². The zero-order valence-corrected chi connectivity index (χ0v) is 72.4. The summed E-state index contributed by atoms with van der Waals surface area (Å²) >= 11 is 0. The zero-order chi connectivity index (χ0) is 80.9. The Morgan fingerprint density at radius 3 is 0.427 bits per heavy atom. The van der Waals surface area contributed by atoms with E-state index in [9.17, 15) is 0 Å². The molecule has 37 heteroatoms. The average Bonchev–Trinajstić information content (AvgIpc) is 0.765. The van der Waals surface area contributed by atoms with Gasteiger partial charge in [0.15, 0.2) is 60.7 Å². The molecule has 110 heavy (non-hydrogen) atoms. The first-order chi connectivity index (χ1) is 52.5. The first-order valence-corrected chi connectivity index (χ1v) is 43.6. The summed E-state index contributed by atoms with van der Waals surface area (Å²) in [5, 5.41) is -0.465. The Kier molecular flexibility index (Phi) is 36.8. The van der Waals surface area contributed by atoms with Crippen molar-refractivity contribution >= 4 is 16.6 Å². The largest absolute Gasteiger partial charge is 0.414 e. The van der Waals surface area contributed by atoms with Gasteiger partial charge in [0.25, 0.3) is 0 Å². The molecule has 21 fully saturated rings. The van der Waals surface area contributed by atoms with Crippen LogP contribution in [-0.2, 0) is 165 Å². The van der Waals surface area contributed by atoms with E-state index in [-0.39, 0.29) is 56.3 Å². The summed E-state index contributed by atoms with van der Waals surface area (Å²) in [6.07, 6.45) is -36.6. The molecule has 21 rings (SSSR count). The van der Waals surface area contributed by atoms with Crippen LogP contribution in [0.4, 0.5) is 0 Å². The maximum Gasteiger partial charge on any atom is 0.192 e. The molecular weight excluding hydrogens is 1490 g/mol. The summed E-state index contributed by atoms with van der Waals surface area (Å²) in [6.45, 7) is 21.2. The Hall–Kier alpha value is -0.966. The molecule has 0 spiro atoms. The van der Waals surface area contributed by atoms with Crippen LogP contribution in [-0.4, -0.2) is 413 Å². The van der Waals surface area contributed by atoms with Crippen molar-refractivity contribution < 1.29 is 165 Å². The second-order valence-corrected chi connectivity index (χ2v) is 41.3. The van der Waals surface area contributed by atoms with Crippen molar-refractivity contribution in [2.75, 3.05) is 181 Å². The lowest BCUT2D eigenvalue weighted by molar-refractivity contribution is -0.402. The van der Waals surface area contributed by atoms with Gasteiger partial charge in [-0.3, -0.25) is 0 Å². The van der Waals surface area contributed by atoms with Crippen LogP contribution in [0.15, 0.2) is 0 Å². The summed E-state index contributed by atoms with van der Waals surface area (Å²) in [6, 6.07) is 0. The summed E-state index contributed by atoms with van der Waals surface area (Å²) in [5.74, 6) is 0. The first kappa shape index (κ1) is 94.5. The van der Waals surface area contributed by atoms with Gasteiger partial charge in [0.1, 0.15) is 171 Å². The van der Waals surface area contributed by atoms with Gasteiger partial charge < -0.3 is 165 Å².